The molecule has 1 aromatic carbocycles. The highest BCUT2D eigenvalue weighted by Gasteiger charge is 2.21. The monoisotopic (exact) mass is 347 g/mol. The van der Waals surface area contributed by atoms with Crippen LogP contribution >= 0.6 is 0 Å². The zero-order valence-electron chi connectivity index (χ0n) is 14.9. The molecule has 1 aliphatic carbocycles. The van der Waals surface area contributed by atoms with Crippen LogP contribution in [0.3, 0.4) is 0 Å². The van der Waals surface area contributed by atoms with Crippen LogP contribution in [0.1, 0.15) is 44.2 Å². The van der Waals surface area contributed by atoms with Gasteiger partial charge in [0.2, 0.25) is 0 Å². The maximum Gasteiger partial charge on any atom is 0.315 e. The number of ether oxygens (including phenoxy) is 1. The quantitative estimate of drug-likeness (QED) is 0.781. The molecule has 2 amide bonds. The van der Waals surface area contributed by atoms with Gasteiger partial charge in [-0.1, -0.05) is 12.1 Å². The van der Waals surface area contributed by atoms with Crippen molar-refractivity contribution >= 4 is 11.7 Å². The lowest BCUT2D eigenvalue weighted by Crippen LogP contribution is -2.44. The fraction of sp³-hybridized carbons (Fsp3) is 0.632. The van der Waals surface area contributed by atoms with Crippen molar-refractivity contribution in [1.82, 2.24) is 10.6 Å². The van der Waals surface area contributed by atoms with Gasteiger partial charge in [-0.15, -0.1) is 0 Å². The number of hydrogen-bond donors (Lipinski definition) is 3. The van der Waals surface area contributed by atoms with E-state index in [4.69, 9.17) is 4.74 Å². The number of amides is 2. The summed E-state index contributed by atoms with van der Waals surface area (Å²) in [4.78, 5) is 14.5. The predicted molar refractivity (Wildman–Crippen MR) is 97.8 cm³/mol. The van der Waals surface area contributed by atoms with Gasteiger partial charge in [-0.2, -0.15) is 0 Å². The Morgan fingerprint density at radius 2 is 1.80 bits per heavy atom. The second kappa shape index (κ2) is 8.54. The topological polar surface area (TPSA) is 73.8 Å². The van der Waals surface area contributed by atoms with Gasteiger partial charge in [-0.05, 0) is 50.3 Å². The minimum atomic E-state index is -0.204. The number of nitrogens with one attached hydrogen (secondary N) is 2. The average molecular weight is 347 g/mol. The van der Waals surface area contributed by atoms with Gasteiger partial charge >= 0.3 is 6.03 Å². The number of carbonyl (C=O) groups excluding carboxylic acids is 1. The first-order chi connectivity index (χ1) is 12.1. The summed E-state index contributed by atoms with van der Waals surface area (Å²) in [5.74, 6) is 0. The largest absolute Gasteiger partial charge is 0.393 e. The van der Waals surface area contributed by atoms with Gasteiger partial charge in [0, 0.05) is 24.8 Å². The van der Waals surface area contributed by atoms with Gasteiger partial charge in [0.05, 0.1) is 25.4 Å². The molecule has 1 saturated carbocycles. The van der Waals surface area contributed by atoms with Gasteiger partial charge in [0.25, 0.3) is 0 Å². The number of aliphatic hydroxyl groups excluding tert-OH is 1. The van der Waals surface area contributed by atoms with E-state index in [1.165, 1.54) is 5.69 Å². The number of urea groups is 1. The SMILES string of the molecule is CC(NC(=O)NC1CCC(O)CC1)c1ccc(N2CCOCC2)cc1. The van der Waals surface area contributed by atoms with Gasteiger partial charge < -0.3 is 25.4 Å². The summed E-state index contributed by atoms with van der Waals surface area (Å²) in [6.45, 7) is 5.39. The average Bonchev–Trinajstić information content (AvgIpc) is 2.64. The molecule has 0 aromatic heterocycles. The molecular formula is C19H29N3O3. The lowest BCUT2D eigenvalue weighted by molar-refractivity contribution is 0.117. The van der Waals surface area contributed by atoms with Crippen LogP contribution < -0.4 is 15.5 Å². The lowest BCUT2D eigenvalue weighted by atomic mass is 9.93. The third kappa shape index (κ3) is 5.09. The molecule has 3 N–H and O–H groups in total. The summed E-state index contributed by atoms with van der Waals surface area (Å²) in [7, 11) is 0. The number of carbonyl (C=O) groups is 1. The van der Waals surface area contributed by atoms with Crippen LogP contribution in [0.25, 0.3) is 0 Å². The highest BCUT2D eigenvalue weighted by atomic mass is 16.5. The predicted octanol–water partition coefficient (Wildman–Crippen LogP) is 2.19. The number of aliphatic hydroxyl groups is 1. The Morgan fingerprint density at radius 1 is 1.16 bits per heavy atom. The second-order valence-electron chi connectivity index (χ2n) is 7.04. The Labute approximate surface area is 149 Å². The maximum absolute atomic E-state index is 12.2. The molecule has 25 heavy (non-hydrogen) atoms. The maximum atomic E-state index is 12.2. The van der Waals surface area contributed by atoms with Crippen LogP contribution in [0.15, 0.2) is 24.3 Å². The van der Waals surface area contributed by atoms with Crippen LogP contribution in [-0.2, 0) is 4.74 Å². The summed E-state index contributed by atoms with van der Waals surface area (Å²) >= 11 is 0. The molecule has 138 valence electrons. The zero-order chi connectivity index (χ0) is 17.6. The summed E-state index contributed by atoms with van der Waals surface area (Å²) in [5.41, 5.74) is 2.29. The molecule has 1 saturated heterocycles. The van der Waals surface area contributed by atoms with Crippen LogP contribution in [0, 0.1) is 0 Å². The van der Waals surface area contributed by atoms with E-state index in [0.29, 0.717) is 0 Å². The fourth-order valence-electron chi connectivity index (χ4n) is 3.52. The van der Waals surface area contributed by atoms with Crippen LogP contribution in [0.5, 0.6) is 0 Å². The number of benzene rings is 1. The molecule has 2 fully saturated rings. The molecular weight excluding hydrogens is 318 g/mol. The number of morpholine rings is 1. The highest BCUT2D eigenvalue weighted by molar-refractivity contribution is 5.74. The molecule has 1 heterocycles. The number of rotatable bonds is 4. The molecule has 1 atom stereocenters. The Hall–Kier alpha value is -1.79. The Morgan fingerprint density at radius 3 is 2.44 bits per heavy atom. The summed E-state index contributed by atoms with van der Waals surface area (Å²) in [5, 5.41) is 15.6. The van der Waals surface area contributed by atoms with Crippen molar-refractivity contribution in [3.8, 4) is 0 Å². The lowest BCUT2D eigenvalue weighted by Gasteiger charge is -2.29. The van der Waals surface area contributed by atoms with Gasteiger partial charge in [-0.25, -0.2) is 4.79 Å². The van der Waals surface area contributed by atoms with E-state index in [-0.39, 0.29) is 24.2 Å². The fourth-order valence-corrected chi connectivity index (χ4v) is 3.52. The van der Waals surface area contributed by atoms with Gasteiger partial charge in [0.15, 0.2) is 0 Å². The second-order valence-corrected chi connectivity index (χ2v) is 7.04. The Bertz CT molecular complexity index is 550. The highest BCUT2D eigenvalue weighted by Crippen LogP contribution is 2.21. The normalized spacial score (nSPS) is 25.3. The summed E-state index contributed by atoms with van der Waals surface area (Å²) in [6, 6.07) is 8.36. The molecule has 6 heteroatoms. The van der Waals surface area contributed by atoms with Crippen molar-refractivity contribution in [2.45, 2.75) is 50.8 Å². The zero-order valence-corrected chi connectivity index (χ0v) is 14.9. The molecule has 1 unspecified atom stereocenters. The number of hydrogen-bond acceptors (Lipinski definition) is 4. The number of nitrogens with zero attached hydrogens (tertiary/aromatic N) is 1. The molecule has 0 radical (unpaired) electrons. The Kier molecular flexibility index (Phi) is 6.15. The van der Waals surface area contributed by atoms with Crippen LogP contribution in [-0.4, -0.2) is 49.6 Å². The third-order valence-corrected chi connectivity index (χ3v) is 5.15. The van der Waals surface area contributed by atoms with Crippen molar-refractivity contribution in [2.24, 2.45) is 0 Å². The van der Waals surface area contributed by atoms with Gasteiger partial charge in [0.1, 0.15) is 0 Å². The first-order valence-corrected chi connectivity index (χ1v) is 9.29. The van der Waals surface area contributed by atoms with E-state index in [0.717, 1.165) is 57.6 Å². The van der Waals surface area contributed by atoms with E-state index in [9.17, 15) is 9.90 Å². The number of anilines is 1. The first-order valence-electron chi connectivity index (χ1n) is 9.29. The van der Waals surface area contributed by atoms with Crippen LogP contribution in [0.2, 0.25) is 0 Å². The molecule has 1 aliphatic heterocycles. The van der Waals surface area contributed by atoms with E-state index >= 15 is 0 Å². The molecule has 0 bridgehead atoms. The summed E-state index contributed by atoms with van der Waals surface area (Å²) in [6.07, 6.45) is 3.02. The Balaban J connectivity index is 1.48. The molecule has 1 aromatic rings. The van der Waals surface area contributed by atoms with Crippen molar-refractivity contribution in [3.63, 3.8) is 0 Å². The molecule has 3 rings (SSSR count). The molecule has 2 aliphatic rings. The molecule has 6 nitrogen and oxygen atoms in total. The third-order valence-electron chi connectivity index (χ3n) is 5.15. The summed E-state index contributed by atoms with van der Waals surface area (Å²) < 4.78 is 5.39. The van der Waals surface area contributed by atoms with Crippen molar-refractivity contribution in [1.29, 1.82) is 0 Å². The minimum absolute atomic E-state index is 0.0482. The van der Waals surface area contributed by atoms with Gasteiger partial charge in [-0.3, -0.25) is 0 Å². The van der Waals surface area contributed by atoms with Crippen molar-refractivity contribution in [2.75, 3.05) is 31.2 Å². The molecule has 0 spiro atoms. The minimum Gasteiger partial charge on any atom is -0.393 e. The van der Waals surface area contributed by atoms with Crippen LogP contribution in [0.4, 0.5) is 10.5 Å². The van der Waals surface area contributed by atoms with E-state index in [2.05, 4.69) is 39.8 Å². The smallest absolute Gasteiger partial charge is 0.315 e. The standard InChI is InChI=1S/C19H29N3O3/c1-14(20-19(24)21-16-4-8-18(23)9-5-16)15-2-6-17(7-3-15)22-10-12-25-13-11-22/h2-3,6-7,14,16,18,23H,4-5,8-13H2,1H3,(H2,20,21,24). The van der Waals surface area contributed by atoms with E-state index < -0.39 is 0 Å². The van der Waals surface area contributed by atoms with E-state index in [1.807, 2.05) is 6.92 Å². The van der Waals surface area contributed by atoms with Crippen molar-refractivity contribution < 1.29 is 14.6 Å². The first kappa shape index (κ1) is 18.0. The van der Waals surface area contributed by atoms with E-state index in [1.54, 1.807) is 0 Å². The van der Waals surface area contributed by atoms with Crippen molar-refractivity contribution in [3.05, 3.63) is 29.8 Å².